The first kappa shape index (κ1) is 29.1. The van der Waals surface area contributed by atoms with Crippen molar-refractivity contribution >= 4 is 59.6 Å². The summed E-state index contributed by atoms with van der Waals surface area (Å²) in [5.74, 6) is 0. The highest BCUT2D eigenvalue weighted by atomic mass is 32.1. The van der Waals surface area contributed by atoms with E-state index in [-0.39, 0.29) is 5.41 Å². The van der Waals surface area contributed by atoms with Crippen molar-refractivity contribution in [2.24, 2.45) is 0 Å². The summed E-state index contributed by atoms with van der Waals surface area (Å²) in [6.45, 7) is 4.72. The van der Waals surface area contributed by atoms with Crippen LogP contribution in [0.15, 0.2) is 170 Å². The van der Waals surface area contributed by atoms with Gasteiger partial charge in [0.1, 0.15) is 0 Å². The van der Waals surface area contributed by atoms with Gasteiger partial charge in [0, 0.05) is 43.6 Å². The molecule has 0 N–H and O–H groups in total. The molecule has 7 aromatic carbocycles. The van der Waals surface area contributed by atoms with Crippen molar-refractivity contribution in [2.75, 3.05) is 4.90 Å². The van der Waals surface area contributed by atoms with E-state index >= 15 is 0 Å². The van der Waals surface area contributed by atoms with Gasteiger partial charge in [0.15, 0.2) is 0 Å². The fraction of sp³-hybridized carbons (Fsp3) is 0.0638. The Bertz CT molecular complexity index is 2720. The predicted octanol–water partition coefficient (Wildman–Crippen LogP) is 13.4. The van der Waals surface area contributed by atoms with Gasteiger partial charge in [-0.15, -0.1) is 11.3 Å². The SMILES string of the molecule is CC1(C)c2ccccc2-c2ccc(N(c3ccc(-c4ccccc4)cc3)c3ccc4c(c3)c3sc5ccccc5c3n4-c3ccccc3)cc21. The van der Waals surface area contributed by atoms with Gasteiger partial charge in [0.25, 0.3) is 0 Å². The lowest BCUT2D eigenvalue weighted by Crippen LogP contribution is -2.16. The number of nitrogens with zero attached hydrogens (tertiary/aromatic N) is 2. The standard InChI is InChI=1S/C47H34N2S/c1-47(2)41-19-11-9-17-37(41)38-27-25-36(30-42(38)47)48(34-23-21-32(22-24-34)31-13-5-3-6-14-31)35-26-28-43-40(29-35)46-45(39-18-10-12-20-44(39)50-46)49(43)33-15-7-4-8-16-33/h3-30H,1-2H3. The quantitative estimate of drug-likeness (QED) is 0.179. The largest absolute Gasteiger partial charge is 0.310 e. The summed E-state index contributed by atoms with van der Waals surface area (Å²) >= 11 is 1.89. The van der Waals surface area contributed by atoms with Crippen LogP contribution in [0.25, 0.3) is 59.1 Å². The van der Waals surface area contributed by atoms with E-state index in [0.717, 1.165) is 17.1 Å². The molecule has 2 heterocycles. The fourth-order valence-corrected chi connectivity index (χ4v) is 9.37. The molecule has 1 aliphatic carbocycles. The van der Waals surface area contributed by atoms with Crippen LogP contribution in [0.3, 0.4) is 0 Å². The van der Waals surface area contributed by atoms with Crippen LogP contribution in [-0.4, -0.2) is 4.57 Å². The van der Waals surface area contributed by atoms with E-state index in [4.69, 9.17) is 0 Å². The van der Waals surface area contributed by atoms with Gasteiger partial charge in [0.05, 0.1) is 15.7 Å². The number of thiophene rings is 1. The van der Waals surface area contributed by atoms with Crippen molar-refractivity contribution < 1.29 is 0 Å². The molecular weight excluding hydrogens is 625 g/mol. The van der Waals surface area contributed by atoms with Crippen molar-refractivity contribution in [3.8, 4) is 27.9 Å². The molecule has 0 fully saturated rings. The van der Waals surface area contributed by atoms with E-state index in [1.165, 1.54) is 70.3 Å². The summed E-state index contributed by atoms with van der Waals surface area (Å²) in [6.07, 6.45) is 0. The summed E-state index contributed by atoms with van der Waals surface area (Å²) in [4.78, 5) is 2.44. The van der Waals surface area contributed by atoms with Gasteiger partial charge in [-0.25, -0.2) is 0 Å². The summed E-state index contributed by atoms with van der Waals surface area (Å²) in [7, 11) is 0. The summed E-state index contributed by atoms with van der Waals surface area (Å²) < 4.78 is 5.07. The molecule has 2 aromatic heterocycles. The third kappa shape index (κ3) is 4.33. The van der Waals surface area contributed by atoms with Crippen LogP contribution in [0.4, 0.5) is 17.1 Å². The lowest BCUT2D eigenvalue weighted by atomic mass is 9.82. The maximum absolute atomic E-state index is 2.45. The first-order valence-corrected chi connectivity index (χ1v) is 18.1. The first-order valence-electron chi connectivity index (χ1n) is 17.3. The predicted molar refractivity (Wildman–Crippen MR) is 214 cm³/mol. The van der Waals surface area contributed by atoms with Crippen LogP contribution in [0.1, 0.15) is 25.0 Å². The van der Waals surface area contributed by atoms with E-state index in [9.17, 15) is 0 Å². The van der Waals surface area contributed by atoms with E-state index in [2.05, 4.69) is 193 Å². The Morgan fingerprint density at radius 1 is 0.500 bits per heavy atom. The van der Waals surface area contributed by atoms with Gasteiger partial charge in [-0.1, -0.05) is 123 Å². The monoisotopic (exact) mass is 658 g/mol. The number of hydrogen-bond acceptors (Lipinski definition) is 2. The highest BCUT2D eigenvalue weighted by molar-refractivity contribution is 7.26. The third-order valence-corrected chi connectivity index (χ3v) is 11.8. The minimum atomic E-state index is -0.0924. The maximum Gasteiger partial charge on any atom is 0.0727 e. The topological polar surface area (TPSA) is 8.17 Å². The Hall–Kier alpha value is -5.90. The highest BCUT2D eigenvalue weighted by Crippen LogP contribution is 2.51. The number of fused-ring (bicyclic) bond motifs is 8. The number of para-hydroxylation sites is 1. The highest BCUT2D eigenvalue weighted by Gasteiger charge is 2.35. The minimum absolute atomic E-state index is 0.0924. The second-order valence-corrected chi connectivity index (χ2v) is 14.8. The molecule has 0 amide bonds. The van der Waals surface area contributed by atoms with Crippen molar-refractivity contribution in [2.45, 2.75) is 19.3 Å². The molecule has 0 atom stereocenters. The molecule has 1 aliphatic rings. The zero-order chi connectivity index (χ0) is 33.4. The van der Waals surface area contributed by atoms with Gasteiger partial charge >= 0.3 is 0 Å². The van der Waals surface area contributed by atoms with Crippen LogP contribution < -0.4 is 4.90 Å². The van der Waals surface area contributed by atoms with E-state index in [0.29, 0.717) is 0 Å². The van der Waals surface area contributed by atoms with Gasteiger partial charge in [-0.05, 0) is 94.0 Å². The number of aromatic nitrogens is 1. The second kappa shape index (κ2) is 11.1. The van der Waals surface area contributed by atoms with Gasteiger partial charge in [-0.2, -0.15) is 0 Å². The molecule has 10 rings (SSSR count). The molecule has 238 valence electrons. The van der Waals surface area contributed by atoms with Crippen molar-refractivity contribution in [3.05, 3.63) is 181 Å². The number of benzene rings is 7. The van der Waals surface area contributed by atoms with E-state index in [1.54, 1.807) is 0 Å². The zero-order valence-corrected chi connectivity index (χ0v) is 28.8. The average Bonchev–Trinajstić information content (AvgIpc) is 3.77. The van der Waals surface area contributed by atoms with Gasteiger partial charge < -0.3 is 9.47 Å². The molecule has 0 radical (unpaired) electrons. The molecule has 9 aromatic rings. The molecule has 0 spiro atoms. The maximum atomic E-state index is 2.45. The molecule has 0 unspecified atom stereocenters. The minimum Gasteiger partial charge on any atom is -0.310 e. The molecular formula is C47H34N2S. The van der Waals surface area contributed by atoms with Gasteiger partial charge in [0.2, 0.25) is 0 Å². The smallest absolute Gasteiger partial charge is 0.0727 e. The average molecular weight is 659 g/mol. The Balaban J connectivity index is 1.20. The molecule has 3 heteroatoms. The Morgan fingerprint density at radius 2 is 1.12 bits per heavy atom. The van der Waals surface area contributed by atoms with Gasteiger partial charge in [-0.3, -0.25) is 0 Å². The molecule has 0 saturated carbocycles. The Morgan fingerprint density at radius 3 is 1.94 bits per heavy atom. The Kier molecular flexibility index (Phi) is 6.43. The summed E-state index contributed by atoms with van der Waals surface area (Å²) in [5, 5.41) is 2.56. The van der Waals surface area contributed by atoms with Crippen molar-refractivity contribution in [3.63, 3.8) is 0 Å². The van der Waals surface area contributed by atoms with E-state index in [1.807, 2.05) is 11.3 Å². The lowest BCUT2D eigenvalue weighted by Gasteiger charge is -2.28. The number of rotatable bonds is 5. The Labute approximate surface area is 296 Å². The van der Waals surface area contributed by atoms with Crippen LogP contribution in [0, 0.1) is 0 Å². The van der Waals surface area contributed by atoms with Crippen LogP contribution in [0.2, 0.25) is 0 Å². The molecule has 50 heavy (non-hydrogen) atoms. The van der Waals surface area contributed by atoms with Crippen LogP contribution in [0.5, 0.6) is 0 Å². The summed E-state index contributed by atoms with van der Waals surface area (Å²) in [6, 6.07) is 62.2. The normalized spacial score (nSPS) is 13.2. The first-order chi connectivity index (χ1) is 24.6. The van der Waals surface area contributed by atoms with Crippen LogP contribution in [-0.2, 0) is 5.41 Å². The van der Waals surface area contributed by atoms with Crippen LogP contribution >= 0.6 is 11.3 Å². The lowest BCUT2D eigenvalue weighted by molar-refractivity contribution is 0.660. The summed E-state index contributed by atoms with van der Waals surface area (Å²) in [5.41, 5.74) is 14.9. The fourth-order valence-electron chi connectivity index (χ4n) is 8.15. The van der Waals surface area contributed by atoms with Crippen molar-refractivity contribution in [1.29, 1.82) is 0 Å². The third-order valence-electron chi connectivity index (χ3n) is 10.6. The molecule has 0 aliphatic heterocycles. The second-order valence-electron chi connectivity index (χ2n) is 13.8. The molecule has 2 nitrogen and oxygen atoms in total. The number of anilines is 3. The number of hydrogen-bond donors (Lipinski definition) is 0. The van der Waals surface area contributed by atoms with E-state index < -0.39 is 0 Å². The van der Waals surface area contributed by atoms with Crippen molar-refractivity contribution in [1.82, 2.24) is 4.57 Å². The molecule has 0 saturated heterocycles. The zero-order valence-electron chi connectivity index (χ0n) is 28.0. The molecule has 0 bridgehead atoms.